The number of rotatable bonds is 7. The molecule has 2 N–H and O–H groups in total. The Morgan fingerprint density at radius 1 is 1.14 bits per heavy atom. The maximum atomic E-state index is 13.0. The van der Waals surface area contributed by atoms with Crippen LogP contribution in [0, 0.1) is 0 Å². The first kappa shape index (κ1) is 18.9. The molecule has 0 bridgehead atoms. The Hall–Kier alpha value is -3.88. The van der Waals surface area contributed by atoms with Gasteiger partial charge in [-0.15, -0.1) is 0 Å². The van der Waals surface area contributed by atoms with E-state index in [0.717, 1.165) is 10.5 Å². The van der Waals surface area contributed by atoms with Crippen molar-refractivity contribution in [1.82, 2.24) is 20.0 Å². The van der Waals surface area contributed by atoms with Gasteiger partial charge in [0, 0.05) is 32.1 Å². The Morgan fingerprint density at radius 3 is 2.54 bits per heavy atom. The molecule has 3 aromatic rings. The summed E-state index contributed by atoms with van der Waals surface area (Å²) in [5, 5.41) is 3.84. The standard InChI is InChI=1S/C19H17N5O4/c1-24(15(17(25)18(20)26)10-12-5-8-21-9-6-12)19(27)13-11-28-23-16(13)14-4-2-3-7-22-14/h2-9,11,15H,10H2,1H3,(H2,20,26). The van der Waals surface area contributed by atoms with Crippen LogP contribution in [0.25, 0.3) is 11.4 Å². The maximum Gasteiger partial charge on any atom is 0.287 e. The number of nitrogens with zero attached hydrogens (tertiary/aromatic N) is 4. The summed E-state index contributed by atoms with van der Waals surface area (Å²) in [6, 6.07) is 7.46. The SMILES string of the molecule is CN(C(=O)c1conc1-c1ccccn1)C(Cc1ccncc1)C(=O)C(N)=O. The minimum absolute atomic E-state index is 0.108. The molecule has 0 fully saturated rings. The number of primary amides is 1. The number of hydrogen-bond donors (Lipinski definition) is 1. The van der Waals surface area contributed by atoms with E-state index in [-0.39, 0.29) is 17.7 Å². The van der Waals surface area contributed by atoms with Gasteiger partial charge in [-0.2, -0.15) is 0 Å². The van der Waals surface area contributed by atoms with Crippen molar-refractivity contribution < 1.29 is 18.9 Å². The number of aromatic nitrogens is 3. The monoisotopic (exact) mass is 379 g/mol. The zero-order chi connectivity index (χ0) is 20.1. The van der Waals surface area contributed by atoms with E-state index in [1.807, 2.05) is 0 Å². The number of carbonyl (C=O) groups is 3. The first-order valence-corrected chi connectivity index (χ1v) is 8.34. The zero-order valence-electron chi connectivity index (χ0n) is 15.0. The molecule has 0 saturated heterocycles. The number of amides is 2. The van der Waals surface area contributed by atoms with Gasteiger partial charge >= 0.3 is 0 Å². The molecular weight excluding hydrogens is 362 g/mol. The number of Topliss-reactive ketones (excluding diaryl/α,β-unsaturated/α-hetero) is 1. The van der Waals surface area contributed by atoms with Crippen molar-refractivity contribution >= 4 is 17.6 Å². The van der Waals surface area contributed by atoms with Crippen LogP contribution in [0.4, 0.5) is 0 Å². The van der Waals surface area contributed by atoms with Gasteiger partial charge in [0.05, 0.1) is 5.69 Å². The fourth-order valence-electron chi connectivity index (χ4n) is 2.72. The minimum Gasteiger partial charge on any atom is -0.363 e. The molecule has 1 atom stereocenters. The third kappa shape index (κ3) is 3.93. The minimum atomic E-state index is -1.12. The van der Waals surface area contributed by atoms with E-state index in [1.165, 1.54) is 13.3 Å². The van der Waals surface area contributed by atoms with Crippen LogP contribution in [0.5, 0.6) is 0 Å². The Labute approximate surface area is 160 Å². The van der Waals surface area contributed by atoms with Crippen molar-refractivity contribution in [3.8, 4) is 11.4 Å². The van der Waals surface area contributed by atoms with Gasteiger partial charge in [0.25, 0.3) is 11.8 Å². The van der Waals surface area contributed by atoms with Crippen LogP contribution in [0.15, 0.2) is 59.7 Å². The van der Waals surface area contributed by atoms with E-state index in [2.05, 4.69) is 15.1 Å². The van der Waals surface area contributed by atoms with Crippen LogP contribution < -0.4 is 5.73 Å². The van der Waals surface area contributed by atoms with Gasteiger partial charge in [0.2, 0.25) is 5.78 Å². The van der Waals surface area contributed by atoms with Gasteiger partial charge in [-0.25, -0.2) is 0 Å². The van der Waals surface area contributed by atoms with Gasteiger partial charge in [-0.05, 0) is 29.8 Å². The highest BCUT2D eigenvalue weighted by Gasteiger charge is 2.33. The van der Waals surface area contributed by atoms with E-state index in [1.54, 1.807) is 48.9 Å². The highest BCUT2D eigenvalue weighted by Crippen LogP contribution is 2.22. The molecule has 3 heterocycles. The van der Waals surface area contributed by atoms with E-state index in [0.29, 0.717) is 5.69 Å². The van der Waals surface area contributed by atoms with Crippen molar-refractivity contribution in [1.29, 1.82) is 0 Å². The van der Waals surface area contributed by atoms with Crippen LogP contribution >= 0.6 is 0 Å². The second-order valence-electron chi connectivity index (χ2n) is 6.01. The third-order valence-electron chi connectivity index (χ3n) is 4.22. The summed E-state index contributed by atoms with van der Waals surface area (Å²) < 4.78 is 4.95. The fraction of sp³-hybridized carbons (Fsp3) is 0.158. The van der Waals surface area contributed by atoms with Gasteiger partial charge in [-0.3, -0.25) is 24.4 Å². The first-order valence-electron chi connectivity index (χ1n) is 8.34. The Kier molecular flexibility index (Phi) is 5.54. The summed E-state index contributed by atoms with van der Waals surface area (Å²) in [5.74, 6) is -2.53. The topological polar surface area (TPSA) is 132 Å². The average molecular weight is 379 g/mol. The average Bonchev–Trinajstić information content (AvgIpc) is 3.21. The Morgan fingerprint density at radius 2 is 1.89 bits per heavy atom. The largest absolute Gasteiger partial charge is 0.363 e. The van der Waals surface area contributed by atoms with Gasteiger partial charge in [0.1, 0.15) is 23.6 Å². The second kappa shape index (κ2) is 8.21. The number of pyridine rings is 2. The number of carbonyl (C=O) groups excluding carboxylic acids is 3. The molecule has 0 spiro atoms. The summed E-state index contributed by atoms with van der Waals surface area (Å²) in [6.07, 6.45) is 5.97. The lowest BCUT2D eigenvalue weighted by Gasteiger charge is -2.26. The number of ketones is 1. The highest BCUT2D eigenvalue weighted by atomic mass is 16.5. The third-order valence-corrected chi connectivity index (χ3v) is 4.22. The first-order chi connectivity index (χ1) is 13.5. The summed E-state index contributed by atoms with van der Waals surface area (Å²) in [4.78, 5) is 46.2. The van der Waals surface area contributed by atoms with E-state index < -0.39 is 23.6 Å². The van der Waals surface area contributed by atoms with Crippen molar-refractivity contribution in [3.05, 3.63) is 66.3 Å². The molecule has 9 heteroatoms. The summed E-state index contributed by atoms with van der Waals surface area (Å²) in [7, 11) is 1.42. The normalized spacial score (nSPS) is 11.6. The lowest BCUT2D eigenvalue weighted by Crippen LogP contribution is -2.48. The Bertz CT molecular complexity index is 988. The summed E-state index contributed by atoms with van der Waals surface area (Å²) in [5.41, 5.74) is 6.72. The Balaban J connectivity index is 1.92. The molecule has 0 saturated carbocycles. The smallest absolute Gasteiger partial charge is 0.287 e. The predicted octanol–water partition coefficient (Wildman–Crippen LogP) is 0.869. The molecule has 0 aliphatic heterocycles. The van der Waals surface area contributed by atoms with Crippen LogP contribution in [0.1, 0.15) is 15.9 Å². The van der Waals surface area contributed by atoms with Crippen molar-refractivity contribution in [2.45, 2.75) is 12.5 Å². The van der Waals surface area contributed by atoms with E-state index in [4.69, 9.17) is 10.3 Å². The molecule has 0 aromatic carbocycles. The second-order valence-corrected chi connectivity index (χ2v) is 6.01. The van der Waals surface area contributed by atoms with Crippen LogP contribution in [-0.4, -0.2) is 50.7 Å². The van der Waals surface area contributed by atoms with Gasteiger partial charge in [-0.1, -0.05) is 11.2 Å². The van der Waals surface area contributed by atoms with Crippen LogP contribution in [0.3, 0.4) is 0 Å². The lowest BCUT2D eigenvalue weighted by atomic mass is 10.0. The van der Waals surface area contributed by atoms with Gasteiger partial charge < -0.3 is 15.2 Å². The molecule has 0 aliphatic rings. The molecule has 1 unspecified atom stereocenters. The van der Waals surface area contributed by atoms with Crippen molar-refractivity contribution in [2.75, 3.05) is 7.05 Å². The quantitative estimate of drug-likeness (QED) is 0.602. The molecular formula is C19H17N5O4. The molecule has 142 valence electrons. The molecule has 0 radical (unpaired) electrons. The summed E-state index contributed by atoms with van der Waals surface area (Å²) >= 11 is 0. The van der Waals surface area contributed by atoms with Crippen LogP contribution in [0.2, 0.25) is 0 Å². The number of likely N-dealkylation sites (N-methyl/N-ethyl adjacent to an activating group) is 1. The zero-order valence-corrected chi connectivity index (χ0v) is 15.0. The molecule has 0 aliphatic carbocycles. The van der Waals surface area contributed by atoms with Crippen molar-refractivity contribution in [2.24, 2.45) is 5.73 Å². The molecule has 3 aromatic heterocycles. The van der Waals surface area contributed by atoms with E-state index >= 15 is 0 Å². The lowest BCUT2D eigenvalue weighted by molar-refractivity contribution is -0.138. The molecule has 28 heavy (non-hydrogen) atoms. The summed E-state index contributed by atoms with van der Waals surface area (Å²) in [6.45, 7) is 0. The molecule has 2 amide bonds. The fourth-order valence-corrected chi connectivity index (χ4v) is 2.72. The van der Waals surface area contributed by atoms with Crippen LogP contribution in [-0.2, 0) is 16.0 Å². The van der Waals surface area contributed by atoms with E-state index in [9.17, 15) is 14.4 Å². The van der Waals surface area contributed by atoms with Gasteiger partial charge in [0.15, 0.2) is 0 Å². The predicted molar refractivity (Wildman–Crippen MR) is 97.8 cm³/mol. The maximum absolute atomic E-state index is 13.0. The molecule has 9 nitrogen and oxygen atoms in total. The molecule has 3 rings (SSSR count). The number of hydrogen-bond acceptors (Lipinski definition) is 7. The van der Waals surface area contributed by atoms with Crippen molar-refractivity contribution in [3.63, 3.8) is 0 Å². The highest BCUT2D eigenvalue weighted by molar-refractivity contribution is 6.38. The number of nitrogens with two attached hydrogens (primary N) is 1.